The molecule has 9 nitrogen and oxygen atoms in total. The number of carbonyl (C=O) groups excluding carboxylic acids is 1. The molecule has 0 aliphatic carbocycles. The third kappa shape index (κ3) is 7.47. The zero-order valence-electron chi connectivity index (χ0n) is 22.0. The van der Waals surface area contributed by atoms with Gasteiger partial charge in [0.15, 0.2) is 11.5 Å². The Morgan fingerprint density at radius 2 is 1.92 bits per heavy atom. The molecular weight excluding hydrogens is 458 g/mol. The minimum Gasteiger partial charge on any atom is -0.493 e. The van der Waals surface area contributed by atoms with Crippen molar-refractivity contribution in [3.63, 3.8) is 0 Å². The first-order chi connectivity index (χ1) is 17.3. The molecule has 196 valence electrons. The van der Waals surface area contributed by atoms with Gasteiger partial charge in [0, 0.05) is 61.0 Å². The van der Waals surface area contributed by atoms with Gasteiger partial charge in [-0.1, -0.05) is 6.07 Å². The first kappa shape index (κ1) is 28.7. The summed E-state index contributed by atoms with van der Waals surface area (Å²) in [6.07, 6.45) is 3.10. The van der Waals surface area contributed by atoms with Crippen LogP contribution in [0.5, 0.6) is 11.5 Å². The van der Waals surface area contributed by atoms with Gasteiger partial charge in [-0.15, -0.1) is 0 Å². The smallest absolute Gasteiger partial charge is 0.252 e. The quantitative estimate of drug-likeness (QED) is 0.269. The summed E-state index contributed by atoms with van der Waals surface area (Å²) in [4.78, 5) is 17.3. The topological polar surface area (TPSA) is 130 Å². The van der Waals surface area contributed by atoms with E-state index in [0.717, 1.165) is 16.8 Å². The molecule has 36 heavy (non-hydrogen) atoms. The number of aliphatic hydroxyl groups excluding tert-OH is 1. The minimum atomic E-state index is -0.327. The Hall–Kier alpha value is -3.56. The molecule has 0 aliphatic heterocycles. The number of ether oxygens (including phenoxy) is 2. The molecule has 0 aliphatic rings. The van der Waals surface area contributed by atoms with Crippen LogP contribution in [0.15, 0.2) is 41.5 Å². The largest absolute Gasteiger partial charge is 0.493 e. The van der Waals surface area contributed by atoms with Gasteiger partial charge in [-0.3, -0.25) is 9.79 Å². The number of nitrogens with two attached hydrogens (primary N) is 1. The van der Waals surface area contributed by atoms with Crippen LogP contribution < -0.4 is 31.2 Å². The molecule has 0 spiro atoms. The predicted octanol–water partition coefficient (Wildman–Crippen LogP) is 2.89. The van der Waals surface area contributed by atoms with Gasteiger partial charge in [0.05, 0.1) is 26.9 Å². The molecule has 0 heterocycles. The molecule has 2 aromatic carbocycles. The number of rotatable bonds is 13. The molecule has 9 heteroatoms. The summed E-state index contributed by atoms with van der Waals surface area (Å²) in [5, 5.41) is 18.6. The molecule has 1 unspecified atom stereocenters. The Morgan fingerprint density at radius 3 is 2.53 bits per heavy atom. The van der Waals surface area contributed by atoms with Crippen LogP contribution in [-0.4, -0.2) is 64.2 Å². The van der Waals surface area contributed by atoms with Crippen LogP contribution in [-0.2, 0) is 0 Å². The van der Waals surface area contributed by atoms with E-state index < -0.39 is 0 Å². The van der Waals surface area contributed by atoms with Crippen molar-refractivity contribution in [2.45, 2.75) is 32.9 Å². The van der Waals surface area contributed by atoms with Gasteiger partial charge in [-0.2, -0.15) is 0 Å². The average molecular weight is 498 g/mol. The average Bonchev–Trinajstić information content (AvgIpc) is 2.88. The van der Waals surface area contributed by atoms with Gasteiger partial charge in [0.2, 0.25) is 0 Å². The van der Waals surface area contributed by atoms with Crippen molar-refractivity contribution in [1.82, 2.24) is 10.6 Å². The fourth-order valence-corrected chi connectivity index (χ4v) is 3.78. The first-order valence-electron chi connectivity index (χ1n) is 11.9. The second kappa shape index (κ2) is 14.1. The highest BCUT2D eigenvalue weighted by Crippen LogP contribution is 2.37. The van der Waals surface area contributed by atoms with E-state index in [9.17, 15) is 4.79 Å². The predicted molar refractivity (Wildman–Crippen MR) is 146 cm³/mol. The molecule has 2 rings (SSSR count). The van der Waals surface area contributed by atoms with Crippen LogP contribution in [0.1, 0.15) is 46.9 Å². The lowest BCUT2D eigenvalue weighted by atomic mass is 9.98. The van der Waals surface area contributed by atoms with Crippen molar-refractivity contribution >= 4 is 23.4 Å². The standard InChI is InChI=1S/C27H39N5O4/c1-17-7-8-22(31-15-18(2)30-9-10-33)13-23(17)27(34)32-19(3)20-11-24(21(14-28)16-29-4)26(36-6)25(12-20)35-5/h7-8,11-14,16,18-19,30-31,33H,9-10,15,28H2,1-6H3,(H,32,34)/b21-14+,29-16?/t18-,19?/m0/s1. The lowest BCUT2D eigenvalue weighted by Crippen LogP contribution is -2.34. The van der Waals surface area contributed by atoms with Crippen LogP contribution in [0, 0.1) is 6.92 Å². The Labute approximate surface area is 213 Å². The number of anilines is 1. The second-order valence-corrected chi connectivity index (χ2v) is 8.50. The summed E-state index contributed by atoms with van der Waals surface area (Å²) in [7, 11) is 4.80. The molecule has 0 bridgehead atoms. The lowest BCUT2D eigenvalue weighted by Gasteiger charge is -2.20. The van der Waals surface area contributed by atoms with E-state index in [4.69, 9.17) is 20.3 Å². The first-order valence-corrected chi connectivity index (χ1v) is 11.9. The van der Waals surface area contributed by atoms with E-state index in [-0.39, 0.29) is 24.6 Å². The summed E-state index contributed by atoms with van der Waals surface area (Å²) < 4.78 is 11.1. The van der Waals surface area contributed by atoms with Gasteiger partial charge in [0.25, 0.3) is 5.91 Å². The van der Waals surface area contributed by atoms with Crippen molar-refractivity contribution in [3.05, 3.63) is 58.8 Å². The van der Waals surface area contributed by atoms with Crippen LogP contribution in [0.25, 0.3) is 5.57 Å². The Morgan fingerprint density at radius 1 is 1.17 bits per heavy atom. The van der Waals surface area contributed by atoms with Gasteiger partial charge < -0.3 is 36.3 Å². The van der Waals surface area contributed by atoms with E-state index in [1.165, 1.54) is 6.20 Å². The lowest BCUT2D eigenvalue weighted by molar-refractivity contribution is 0.0939. The maximum atomic E-state index is 13.2. The van der Waals surface area contributed by atoms with Gasteiger partial charge in [-0.05, 0) is 56.2 Å². The Balaban J connectivity index is 2.28. The summed E-state index contributed by atoms with van der Waals surface area (Å²) in [6.45, 7) is 7.14. The summed E-state index contributed by atoms with van der Waals surface area (Å²) >= 11 is 0. The number of hydrogen-bond donors (Lipinski definition) is 5. The number of carbonyl (C=O) groups is 1. The van der Waals surface area contributed by atoms with Crippen molar-refractivity contribution in [2.24, 2.45) is 10.7 Å². The van der Waals surface area contributed by atoms with E-state index in [2.05, 4.69) is 20.9 Å². The van der Waals surface area contributed by atoms with Gasteiger partial charge in [-0.25, -0.2) is 0 Å². The highest BCUT2D eigenvalue weighted by molar-refractivity contribution is 6.11. The number of benzene rings is 2. The van der Waals surface area contributed by atoms with E-state index in [1.807, 2.05) is 51.1 Å². The van der Waals surface area contributed by atoms with Crippen molar-refractivity contribution in [3.8, 4) is 11.5 Å². The number of allylic oxidation sites excluding steroid dienone is 1. The number of hydrogen-bond acceptors (Lipinski definition) is 8. The summed E-state index contributed by atoms with van der Waals surface area (Å²) in [5.74, 6) is 0.881. The highest BCUT2D eigenvalue weighted by atomic mass is 16.5. The fraction of sp³-hybridized carbons (Fsp3) is 0.407. The third-order valence-corrected chi connectivity index (χ3v) is 5.81. The number of nitrogens with zero attached hydrogens (tertiary/aromatic N) is 1. The molecule has 0 fully saturated rings. The SMILES string of the molecule is CN=C/C(=C\N)c1cc(C(C)NC(=O)c2cc(NC[C@H](C)NCCO)ccc2C)cc(OC)c1OC. The van der Waals surface area contributed by atoms with Gasteiger partial charge in [0.1, 0.15) is 0 Å². The number of amides is 1. The molecule has 2 aromatic rings. The molecule has 0 saturated heterocycles. The van der Waals surface area contributed by atoms with Gasteiger partial charge >= 0.3 is 0 Å². The number of aryl methyl sites for hydroxylation is 1. The van der Waals surface area contributed by atoms with E-state index >= 15 is 0 Å². The second-order valence-electron chi connectivity index (χ2n) is 8.50. The fourth-order valence-electron chi connectivity index (χ4n) is 3.78. The summed E-state index contributed by atoms with van der Waals surface area (Å²) in [6, 6.07) is 9.32. The Bertz CT molecular complexity index is 1080. The zero-order chi connectivity index (χ0) is 26.7. The molecule has 6 N–H and O–H groups in total. The normalized spacial score (nSPS) is 13.4. The highest BCUT2D eigenvalue weighted by Gasteiger charge is 2.20. The summed E-state index contributed by atoms with van der Waals surface area (Å²) in [5.41, 5.74) is 10.4. The molecule has 0 saturated carbocycles. The number of aliphatic hydroxyl groups is 1. The van der Waals surface area contributed by atoms with Crippen molar-refractivity contribution < 1.29 is 19.4 Å². The molecule has 0 radical (unpaired) electrons. The van der Waals surface area contributed by atoms with Crippen molar-refractivity contribution in [1.29, 1.82) is 0 Å². The maximum Gasteiger partial charge on any atom is 0.252 e. The molecule has 2 atom stereocenters. The molecule has 1 amide bonds. The maximum absolute atomic E-state index is 13.2. The van der Waals surface area contributed by atoms with Crippen molar-refractivity contribution in [2.75, 3.05) is 46.3 Å². The Kier molecular flexibility index (Phi) is 11.2. The van der Waals surface area contributed by atoms with E-state index in [0.29, 0.717) is 41.3 Å². The number of aliphatic imine (C=N–C) groups is 1. The zero-order valence-corrected chi connectivity index (χ0v) is 22.0. The number of nitrogens with one attached hydrogen (secondary N) is 3. The molecule has 0 aromatic heterocycles. The van der Waals surface area contributed by atoms with E-state index in [1.54, 1.807) is 27.5 Å². The number of methoxy groups -OCH3 is 2. The minimum absolute atomic E-state index is 0.0922. The van der Waals surface area contributed by atoms with Crippen LogP contribution in [0.4, 0.5) is 5.69 Å². The van der Waals surface area contributed by atoms with Crippen LogP contribution in [0.2, 0.25) is 0 Å². The van der Waals surface area contributed by atoms with Crippen LogP contribution in [0.3, 0.4) is 0 Å². The van der Waals surface area contributed by atoms with Crippen LogP contribution >= 0.6 is 0 Å². The third-order valence-electron chi connectivity index (χ3n) is 5.81. The molecular formula is C27H39N5O4. The monoisotopic (exact) mass is 497 g/mol.